The first kappa shape index (κ1) is 11.8. The Kier molecular flexibility index (Phi) is 4.69. The van der Waals surface area contributed by atoms with E-state index < -0.39 is 0 Å². The van der Waals surface area contributed by atoms with Crippen LogP contribution < -0.4 is 4.90 Å². The molecule has 2 nitrogen and oxygen atoms in total. The zero-order valence-corrected chi connectivity index (χ0v) is 10.6. The number of alkyl halides is 1. The molecule has 0 aliphatic heterocycles. The minimum atomic E-state index is 0.664. The van der Waals surface area contributed by atoms with E-state index in [1.54, 1.807) is 11.3 Å². The Bertz CT molecular complexity index is 260. The van der Waals surface area contributed by atoms with Crippen molar-refractivity contribution in [1.29, 1.82) is 0 Å². The Hall–Kier alpha value is -0.280. The average molecular weight is 233 g/mol. The predicted octanol–water partition coefficient (Wildman–Crippen LogP) is 3.22. The predicted molar refractivity (Wildman–Crippen MR) is 64.8 cm³/mol. The first-order valence-electron chi connectivity index (χ1n) is 4.94. The van der Waals surface area contributed by atoms with Crippen LogP contribution in [0.15, 0.2) is 0 Å². The first-order valence-corrected chi connectivity index (χ1v) is 6.29. The van der Waals surface area contributed by atoms with Crippen LogP contribution in [0.1, 0.15) is 23.9 Å². The van der Waals surface area contributed by atoms with Crippen molar-refractivity contribution in [2.45, 2.75) is 27.2 Å². The Morgan fingerprint density at radius 2 is 2.07 bits per heavy atom. The Labute approximate surface area is 94.9 Å². The molecule has 80 valence electrons. The van der Waals surface area contributed by atoms with Crippen molar-refractivity contribution < 1.29 is 0 Å². The van der Waals surface area contributed by atoms with Crippen LogP contribution >= 0.6 is 22.9 Å². The standard InChI is InChI=1S/C10H17ClN2S/c1-4-6-13(7-5-11)10-12-8(2)9(3)14-10/h4-7H2,1-3H3. The van der Waals surface area contributed by atoms with E-state index in [1.807, 2.05) is 0 Å². The van der Waals surface area contributed by atoms with Crippen molar-refractivity contribution in [2.24, 2.45) is 0 Å². The summed E-state index contributed by atoms with van der Waals surface area (Å²) in [5.74, 6) is 0.664. The van der Waals surface area contributed by atoms with E-state index in [-0.39, 0.29) is 0 Å². The normalized spacial score (nSPS) is 10.6. The van der Waals surface area contributed by atoms with Crippen LogP contribution in [0, 0.1) is 13.8 Å². The zero-order chi connectivity index (χ0) is 10.6. The SMILES string of the molecule is CCCN(CCCl)c1nc(C)c(C)s1. The molecule has 0 saturated heterocycles. The summed E-state index contributed by atoms with van der Waals surface area (Å²) in [5, 5.41) is 1.11. The Morgan fingerprint density at radius 1 is 1.36 bits per heavy atom. The molecule has 1 aromatic heterocycles. The number of thiazole rings is 1. The molecule has 0 aromatic carbocycles. The molecular formula is C10H17ClN2S. The van der Waals surface area contributed by atoms with E-state index >= 15 is 0 Å². The molecule has 1 heterocycles. The quantitative estimate of drug-likeness (QED) is 0.725. The number of rotatable bonds is 5. The lowest BCUT2D eigenvalue weighted by Crippen LogP contribution is -2.26. The number of halogens is 1. The van der Waals surface area contributed by atoms with Crippen molar-refractivity contribution in [3.63, 3.8) is 0 Å². The molecule has 0 atom stereocenters. The van der Waals surface area contributed by atoms with Gasteiger partial charge in [0.1, 0.15) is 0 Å². The molecule has 0 unspecified atom stereocenters. The molecule has 0 bridgehead atoms. The van der Waals surface area contributed by atoms with Gasteiger partial charge < -0.3 is 4.90 Å². The van der Waals surface area contributed by atoms with E-state index in [0.717, 1.165) is 30.3 Å². The summed E-state index contributed by atoms with van der Waals surface area (Å²) >= 11 is 7.52. The van der Waals surface area contributed by atoms with Gasteiger partial charge in [-0.15, -0.1) is 22.9 Å². The van der Waals surface area contributed by atoms with Crippen molar-refractivity contribution in [2.75, 3.05) is 23.9 Å². The second-order valence-corrected chi connectivity index (χ2v) is 4.87. The fourth-order valence-electron chi connectivity index (χ4n) is 1.27. The third-order valence-electron chi connectivity index (χ3n) is 2.14. The van der Waals surface area contributed by atoms with Gasteiger partial charge in [0.15, 0.2) is 5.13 Å². The third kappa shape index (κ3) is 2.85. The van der Waals surface area contributed by atoms with Gasteiger partial charge >= 0.3 is 0 Å². The molecule has 4 heteroatoms. The van der Waals surface area contributed by atoms with Gasteiger partial charge in [0.05, 0.1) is 5.69 Å². The van der Waals surface area contributed by atoms with Crippen molar-refractivity contribution in [1.82, 2.24) is 4.98 Å². The first-order chi connectivity index (χ1) is 6.69. The van der Waals surface area contributed by atoms with E-state index in [4.69, 9.17) is 11.6 Å². The summed E-state index contributed by atoms with van der Waals surface area (Å²) in [6.07, 6.45) is 1.13. The lowest BCUT2D eigenvalue weighted by molar-refractivity contribution is 0.789. The van der Waals surface area contributed by atoms with Gasteiger partial charge in [0.2, 0.25) is 0 Å². The maximum atomic E-state index is 5.76. The van der Waals surface area contributed by atoms with Gasteiger partial charge in [-0.2, -0.15) is 0 Å². The lowest BCUT2D eigenvalue weighted by atomic mass is 10.4. The highest BCUT2D eigenvalue weighted by Gasteiger charge is 2.10. The Morgan fingerprint density at radius 3 is 2.50 bits per heavy atom. The van der Waals surface area contributed by atoms with Crippen molar-refractivity contribution >= 4 is 28.1 Å². The van der Waals surface area contributed by atoms with Crippen LogP contribution in [-0.2, 0) is 0 Å². The minimum absolute atomic E-state index is 0.664. The lowest BCUT2D eigenvalue weighted by Gasteiger charge is -2.19. The number of aryl methyl sites for hydroxylation is 2. The second kappa shape index (κ2) is 5.56. The monoisotopic (exact) mass is 232 g/mol. The number of hydrogen-bond acceptors (Lipinski definition) is 3. The molecule has 0 radical (unpaired) electrons. The van der Waals surface area contributed by atoms with E-state index in [1.165, 1.54) is 4.88 Å². The molecular weight excluding hydrogens is 216 g/mol. The molecule has 0 N–H and O–H groups in total. The van der Waals surface area contributed by atoms with Crippen LogP contribution in [0.4, 0.5) is 5.13 Å². The number of nitrogens with zero attached hydrogens (tertiary/aromatic N) is 2. The molecule has 0 aliphatic carbocycles. The van der Waals surface area contributed by atoms with E-state index in [9.17, 15) is 0 Å². The molecule has 0 amide bonds. The molecule has 0 spiro atoms. The van der Waals surface area contributed by atoms with Gasteiger partial charge in [0, 0.05) is 23.8 Å². The highest BCUT2D eigenvalue weighted by atomic mass is 35.5. The Balaban J connectivity index is 2.76. The van der Waals surface area contributed by atoms with E-state index in [2.05, 4.69) is 30.7 Å². The summed E-state index contributed by atoms with van der Waals surface area (Å²) in [4.78, 5) is 8.10. The highest BCUT2D eigenvalue weighted by Crippen LogP contribution is 2.25. The molecule has 0 fully saturated rings. The van der Waals surface area contributed by atoms with Gasteiger partial charge in [-0.05, 0) is 20.3 Å². The van der Waals surface area contributed by atoms with Crippen LogP contribution in [-0.4, -0.2) is 24.0 Å². The van der Waals surface area contributed by atoms with Crippen LogP contribution in [0.2, 0.25) is 0 Å². The molecule has 1 rings (SSSR count). The summed E-state index contributed by atoms with van der Waals surface area (Å²) in [7, 11) is 0. The van der Waals surface area contributed by atoms with Gasteiger partial charge in [-0.1, -0.05) is 6.92 Å². The second-order valence-electron chi connectivity index (χ2n) is 3.31. The smallest absolute Gasteiger partial charge is 0.185 e. The highest BCUT2D eigenvalue weighted by molar-refractivity contribution is 7.15. The van der Waals surface area contributed by atoms with Gasteiger partial charge in [-0.3, -0.25) is 0 Å². The third-order valence-corrected chi connectivity index (χ3v) is 3.44. The van der Waals surface area contributed by atoms with Crippen LogP contribution in [0.25, 0.3) is 0 Å². The van der Waals surface area contributed by atoms with Crippen LogP contribution in [0.5, 0.6) is 0 Å². The summed E-state index contributed by atoms with van der Waals surface area (Å²) in [6.45, 7) is 8.27. The summed E-state index contributed by atoms with van der Waals surface area (Å²) < 4.78 is 0. The van der Waals surface area contributed by atoms with Crippen LogP contribution in [0.3, 0.4) is 0 Å². The van der Waals surface area contributed by atoms with Gasteiger partial charge in [-0.25, -0.2) is 4.98 Å². The largest absolute Gasteiger partial charge is 0.347 e. The molecule has 0 aliphatic rings. The zero-order valence-electron chi connectivity index (χ0n) is 9.01. The fraction of sp³-hybridized carbons (Fsp3) is 0.700. The van der Waals surface area contributed by atoms with Crippen molar-refractivity contribution in [3.8, 4) is 0 Å². The van der Waals surface area contributed by atoms with Gasteiger partial charge in [0.25, 0.3) is 0 Å². The van der Waals surface area contributed by atoms with E-state index in [0.29, 0.717) is 5.88 Å². The molecule has 14 heavy (non-hydrogen) atoms. The maximum Gasteiger partial charge on any atom is 0.185 e. The summed E-state index contributed by atoms with van der Waals surface area (Å²) in [5.41, 5.74) is 1.14. The summed E-state index contributed by atoms with van der Waals surface area (Å²) in [6, 6.07) is 0. The molecule has 0 saturated carbocycles. The minimum Gasteiger partial charge on any atom is -0.347 e. The number of anilines is 1. The number of aromatic nitrogens is 1. The topological polar surface area (TPSA) is 16.1 Å². The maximum absolute atomic E-state index is 5.76. The average Bonchev–Trinajstić information content (AvgIpc) is 2.47. The number of hydrogen-bond donors (Lipinski definition) is 0. The molecule has 1 aromatic rings. The van der Waals surface area contributed by atoms with Crippen molar-refractivity contribution in [3.05, 3.63) is 10.6 Å². The fourth-order valence-corrected chi connectivity index (χ4v) is 2.43.